The third kappa shape index (κ3) is 3.63. The van der Waals surface area contributed by atoms with Crippen LogP contribution in [-0.2, 0) is 15.0 Å². The first-order valence-corrected chi connectivity index (χ1v) is 9.14. The van der Waals surface area contributed by atoms with Crippen LogP contribution < -0.4 is 5.32 Å². The largest absolute Gasteiger partial charge is 0.355 e. The molecule has 130 valence electrons. The molecule has 0 bridgehead atoms. The summed E-state index contributed by atoms with van der Waals surface area (Å²) in [4.78, 5) is 26.6. The molecule has 3 rings (SSSR count). The van der Waals surface area contributed by atoms with Crippen LogP contribution in [0.25, 0.3) is 0 Å². The van der Waals surface area contributed by atoms with Gasteiger partial charge in [-0.2, -0.15) is 0 Å². The van der Waals surface area contributed by atoms with Crippen molar-refractivity contribution >= 4 is 11.8 Å². The van der Waals surface area contributed by atoms with Gasteiger partial charge in [-0.15, -0.1) is 0 Å². The molecule has 1 aromatic rings. The lowest BCUT2D eigenvalue weighted by Gasteiger charge is -2.33. The number of likely N-dealkylation sites (tertiary alicyclic amines) is 1. The number of nitrogens with zero attached hydrogens (tertiary/aromatic N) is 1. The van der Waals surface area contributed by atoms with Crippen LogP contribution in [0, 0.1) is 11.8 Å². The molecule has 1 heterocycles. The van der Waals surface area contributed by atoms with Crippen molar-refractivity contribution in [2.24, 2.45) is 11.8 Å². The minimum Gasteiger partial charge on any atom is -0.355 e. The number of benzene rings is 1. The molecule has 0 aromatic heterocycles. The maximum Gasteiger partial charge on any atom is 0.225 e. The van der Waals surface area contributed by atoms with Crippen molar-refractivity contribution < 1.29 is 9.59 Å². The zero-order chi connectivity index (χ0) is 17.2. The molecular weight excluding hydrogens is 300 g/mol. The second-order valence-corrected chi connectivity index (χ2v) is 7.64. The zero-order valence-electron chi connectivity index (χ0n) is 14.8. The summed E-state index contributed by atoms with van der Waals surface area (Å²) in [6, 6.07) is 10.5. The van der Waals surface area contributed by atoms with Crippen molar-refractivity contribution in [1.29, 1.82) is 0 Å². The molecule has 1 unspecified atom stereocenters. The van der Waals surface area contributed by atoms with Crippen LogP contribution in [0.2, 0.25) is 0 Å². The lowest BCUT2D eigenvalue weighted by molar-refractivity contribution is -0.138. The number of rotatable bonds is 5. The highest BCUT2D eigenvalue weighted by molar-refractivity contribution is 5.82. The number of carbonyl (C=O) groups is 2. The van der Waals surface area contributed by atoms with E-state index < -0.39 is 0 Å². The SMILES string of the molecule is CC(C)C(=O)N1CCCC(C(=O)NCC2(c3ccccc3)CC2)C1. The monoisotopic (exact) mass is 328 g/mol. The summed E-state index contributed by atoms with van der Waals surface area (Å²) in [5, 5.41) is 3.17. The average Bonchev–Trinajstić information content (AvgIpc) is 3.41. The highest BCUT2D eigenvalue weighted by Crippen LogP contribution is 2.47. The number of carbonyl (C=O) groups excluding carboxylic acids is 2. The minimum atomic E-state index is -0.0620. The smallest absolute Gasteiger partial charge is 0.225 e. The highest BCUT2D eigenvalue weighted by atomic mass is 16.2. The van der Waals surface area contributed by atoms with Crippen LogP contribution in [0.5, 0.6) is 0 Å². The zero-order valence-corrected chi connectivity index (χ0v) is 14.8. The van der Waals surface area contributed by atoms with Gasteiger partial charge in [-0.25, -0.2) is 0 Å². The molecular formula is C20H28N2O2. The van der Waals surface area contributed by atoms with Crippen LogP contribution in [0.15, 0.2) is 30.3 Å². The summed E-state index contributed by atoms with van der Waals surface area (Å²) in [5.41, 5.74) is 1.46. The van der Waals surface area contributed by atoms with Crippen molar-refractivity contribution in [3.05, 3.63) is 35.9 Å². The summed E-state index contributed by atoms with van der Waals surface area (Å²) in [5.74, 6) is 0.210. The number of nitrogens with one attached hydrogen (secondary N) is 1. The van der Waals surface area contributed by atoms with Crippen molar-refractivity contribution in [1.82, 2.24) is 10.2 Å². The van der Waals surface area contributed by atoms with E-state index in [0.29, 0.717) is 13.1 Å². The van der Waals surface area contributed by atoms with E-state index >= 15 is 0 Å². The van der Waals surface area contributed by atoms with Gasteiger partial charge in [0.2, 0.25) is 11.8 Å². The Hall–Kier alpha value is -1.84. The molecule has 1 saturated heterocycles. The first-order chi connectivity index (χ1) is 11.5. The fraction of sp³-hybridized carbons (Fsp3) is 0.600. The van der Waals surface area contributed by atoms with Gasteiger partial charge in [0.1, 0.15) is 0 Å². The van der Waals surface area contributed by atoms with E-state index in [4.69, 9.17) is 0 Å². The van der Waals surface area contributed by atoms with Gasteiger partial charge in [-0.3, -0.25) is 9.59 Å². The third-order valence-corrected chi connectivity index (χ3v) is 5.44. The summed E-state index contributed by atoms with van der Waals surface area (Å²) in [7, 11) is 0. The van der Waals surface area contributed by atoms with Crippen molar-refractivity contribution in [3.63, 3.8) is 0 Å². The summed E-state index contributed by atoms with van der Waals surface area (Å²) in [6.45, 7) is 5.91. The van der Waals surface area contributed by atoms with E-state index in [1.165, 1.54) is 5.56 Å². The summed E-state index contributed by atoms with van der Waals surface area (Å²) in [6.07, 6.45) is 4.08. The topological polar surface area (TPSA) is 49.4 Å². The molecule has 24 heavy (non-hydrogen) atoms. The number of piperidine rings is 1. The Balaban J connectivity index is 1.55. The molecule has 2 amide bonds. The molecule has 4 heteroatoms. The molecule has 1 aliphatic carbocycles. The molecule has 1 aromatic carbocycles. The first-order valence-electron chi connectivity index (χ1n) is 9.14. The Morgan fingerprint density at radius 1 is 1.25 bits per heavy atom. The van der Waals surface area contributed by atoms with Crippen molar-refractivity contribution in [2.45, 2.75) is 44.9 Å². The van der Waals surface area contributed by atoms with Crippen LogP contribution in [0.1, 0.15) is 45.1 Å². The Morgan fingerprint density at radius 3 is 2.58 bits per heavy atom. The van der Waals surface area contributed by atoms with Gasteiger partial charge in [-0.1, -0.05) is 44.2 Å². The van der Waals surface area contributed by atoms with E-state index in [9.17, 15) is 9.59 Å². The maximum atomic E-state index is 12.6. The first kappa shape index (κ1) is 17.0. The Morgan fingerprint density at radius 2 is 1.96 bits per heavy atom. The fourth-order valence-electron chi connectivity index (χ4n) is 3.67. The lowest BCUT2D eigenvalue weighted by atomic mass is 9.94. The van der Waals surface area contributed by atoms with E-state index in [1.807, 2.05) is 24.8 Å². The normalized spacial score (nSPS) is 22.3. The molecule has 4 nitrogen and oxygen atoms in total. The quantitative estimate of drug-likeness (QED) is 0.903. The highest BCUT2D eigenvalue weighted by Gasteiger charge is 2.44. The maximum absolute atomic E-state index is 12.6. The van der Waals surface area contributed by atoms with Crippen molar-refractivity contribution in [3.8, 4) is 0 Å². The van der Waals surface area contributed by atoms with Crippen LogP contribution in [-0.4, -0.2) is 36.3 Å². The number of hydrogen-bond donors (Lipinski definition) is 1. The predicted octanol–water partition coefficient (Wildman–Crippen LogP) is 2.73. The van der Waals surface area contributed by atoms with E-state index in [0.717, 1.165) is 32.2 Å². The van der Waals surface area contributed by atoms with Gasteiger partial charge >= 0.3 is 0 Å². The molecule has 1 saturated carbocycles. The minimum absolute atomic E-state index is 0.000347. The molecule has 2 aliphatic rings. The van der Waals surface area contributed by atoms with Gasteiger partial charge in [0.15, 0.2) is 0 Å². The number of amides is 2. The average molecular weight is 328 g/mol. The Kier molecular flexibility index (Phi) is 4.93. The van der Waals surface area contributed by atoms with Gasteiger partial charge in [0, 0.05) is 31.0 Å². The summed E-state index contributed by atoms with van der Waals surface area (Å²) < 4.78 is 0. The van der Waals surface area contributed by atoms with Gasteiger partial charge < -0.3 is 10.2 Å². The Bertz CT molecular complexity index is 593. The third-order valence-electron chi connectivity index (χ3n) is 5.44. The second kappa shape index (κ2) is 6.96. The van der Waals surface area contributed by atoms with E-state index in [1.54, 1.807) is 0 Å². The van der Waals surface area contributed by atoms with Crippen LogP contribution >= 0.6 is 0 Å². The van der Waals surface area contributed by atoms with Crippen molar-refractivity contribution in [2.75, 3.05) is 19.6 Å². The van der Waals surface area contributed by atoms with Gasteiger partial charge in [-0.05, 0) is 31.2 Å². The molecule has 1 aliphatic heterocycles. The Labute approximate surface area is 144 Å². The van der Waals surface area contributed by atoms with E-state index in [-0.39, 0.29) is 29.1 Å². The van der Waals surface area contributed by atoms with Crippen LogP contribution in [0.3, 0.4) is 0 Å². The number of hydrogen-bond acceptors (Lipinski definition) is 2. The molecule has 0 radical (unpaired) electrons. The molecule has 1 N–H and O–H groups in total. The van der Waals surface area contributed by atoms with Gasteiger partial charge in [0.05, 0.1) is 5.92 Å². The lowest BCUT2D eigenvalue weighted by Crippen LogP contribution is -2.47. The predicted molar refractivity (Wildman–Crippen MR) is 94.5 cm³/mol. The second-order valence-electron chi connectivity index (χ2n) is 7.64. The van der Waals surface area contributed by atoms with Crippen LogP contribution in [0.4, 0.5) is 0 Å². The molecule has 0 spiro atoms. The fourth-order valence-corrected chi connectivity index (χ4v) is 3.67. The molecule has 2 fully saturated rings. The van der Waals surface area contributed by atoms with Gasteiger partial charge in [0.25, 0.3) is 0 Å². The molecule has 1 atom stereocenters. The standard InChI is InChI=1S/C20H28N2O2/c1-15(2)19(24)22-12-6-7-16(13-22)18(23)21-14-20(10-11-20)17-8-4-3-5-9-17/h3-5,8-9,15-16H,6-7,10-14H2,1-2H3,(H,21,23). The summed E-state index contributed by atoms with van der Waals surface area (Å²) >= 11 is 0. The van der Waals surface area contributed by atoms with E-state index in [2.05, 4.69) is 29.6 Å².